The average molecular weight is 468 g/mol. The first-order valence-electron chi connectivity index (χ1n) is 9.77. The summed E-state index contributed by atoms with van der Waals surface area (Å²) in [5.74, 6) is -0.000297. The second-order valence-electron chi connectivity index (χ2n) is 6.77. The van der Waals surface area contributed by atoms with Crippen LogP contribution in [0.3, 0.4) is 0 Å². The van der Waals surface area contributed by atoms with Gasteiger partial charge in [-0.25, -0.2) is 8.42 Å². The van der Waals surface area contributed by atoms with Crippen molar-refractivity contribution in [2.45, 2.75) is 4.90 Å². The third-order valence-electron chi connectivity index (χ3n) is 4.47. The summed E-state index contributed by atoms with van der Waals surface area (Å²) in [6.07, 6.45) is 1.61. The van der Waals surface area contributed by atoms with Crippen LogP contribution in [-0.4, -0.2) is 32.4 Å². The predicted molar refractivity (Wildman–Crippen MR) is 125 cm³/mol. The largest absolute Gasteiger partial charge is 0.490 e. The molecule has 1 N–H and O–H groups in total. The molecule has 3 aromatic carbocycles. The second kappa shape index (κ2) is 10.4. The number of amides is 1. The van der Waals surface area contributed by atoms with Gasteiger partial charge < -0.3 is 10.1 Å². The lowest BCUT2D eigenvalue weighted by molar-refractivity contribution is -0.384. The predicted octanol–water partition coefficient (Wildman–Crippen LogP) is 3.99. The first-order valence-corrected chi connectivity index (χ1v) is 11.2. The molecule has 0 aliphatic rings. The van der Waals surface area contributed by atoms with E-state index in [0.717, 1.165) is 4.31 Å². The molecule has 0 radical (unpaired) electrons. The quantitative estimate of drug-likeness (QED) is 0.274. The Morgan fingerprint density at radius 3 is 2.24 bits per heavy atom. The minimum absolute atomic E-state index is 0.0140. The molecule has 0 atom stereocenters. The normalized spacial score (nSPS) is 10.8. The molecule has 3 aromatic rings. The molecular formula is C23H21N3O6S. The number of anilines is 2. The summed E-state index contributed by atoms with van der Waals surface area (Å²) in [4.78, 5) is 23.1. The van der Waals surface area contributed by atoms with E-state index >= 15 is 0 Å². The molecule has 0 bridgehead atoms. The van der Waals surface area contributed by atoms with E-state index in [1.165, 1.54) is 36.4 Å². The Labute approximate surface area is 191 Å². The molecule has 0 aliphatic carbocycles. The van der Waals surface area contributed by atoms with Crippen molar-refractivity contribution < 1.29 is 22.9 Å². The Balaban J connectivity index is 1.85. The van der Waals surface area contributed by atoms with Crippen molar-refractivity contribution in [2.24, 2.45) is 0 Å². The third kappa shape index (κ3) is 5.95. The Morgan fingerprint density at radius 1 is 1.03 bits per heavy atom. The number of nitrogens with zero attached hydrogens (tertiary/aromatic N) is 2. The minimum Gasteiger partial charge on any atom is -0.490 e. The van der Waals surface area contributed by atoms with Crippen molar-refractivity contribution in [3.63, 3.8) is 0 Å². The fraction of sp³-hybridized carbons (Fsp3) is 0.0870. The molecular weight excluding hydrogens is 446 g/mol. The summed E-state index contributed by atoms with van der Waals surface area (Å²) in [5.41, 5.74) is 0.374. The van der Waals surface area contributed by atoms with Gasteiger partial charge in [-0.05, 0) is 48.5 Å². The van der Waals surface area contributed by atoms with Crippen LogP contribution >= 0.6 is 0 Å². The fourth-order valence-electron chi connectivity index (χ4n) is 2.90. The van der Waals surface area contributed by atoms with E-state index in [4.69, 9.17) is 4.74 Å². The van der Waals surface area contributed by atoms with Crippen molar-refractivity contribution in [1.82, 2.24) is 0 Å². The van der Waals surface area contributed by atoms with Crippen LogP contribution in [-0.2, 0) is 14.8 Å². The highest BCUT2D eigenvalue weighted by Crippen LogP contribution is 2.26. The van der Waals surface area contributed by atoms with Crippen molar-refractivity contribution in [2.75, 3.05) is 22.8 Å². The second-order valence-corrected chi connectivity index (χ2v) is 8.63. The van der Waals surface area contributed by atoms with Crippen LogP contribution in [0.4, 0.5) is 17.1 Å². The van der Waals surface area contributed by atoms with Crippen LogP contribution in [0.15, 0.2) is 96.4 Å². The minimum atomic E-state index is -4.12. The number of nitrogens with one attached hydrogen (secondary N) is 1. The van der Waals surface area contributed by atoms with Crippen LogP contribution in [0.5, 0.6) is 5.75 Å². The topological polar surface area (TPSA) is 119 Å². The maximum atomic E-state index is 13.3. The summed E-state index contributed by atoms with van der Waals surface area (Å²) in [6, 6.07) is 19.1. The van der Waals surface area contributed by atoms with Crippen LogP contribution in [0.1, 0.15) is 0 Å². The first-order chi connectivity index (χ1) is 15.8. The molecule has 0 aliphatic heterocycles. The number of carbonyl (C=O) groups is 1. The lowest BCUT2D eigenvalue weighted by Gasteiger charge is -2.24. The summed E-state index contributed by atoms with van der Waals surface area (Å²) < 4.78 is 32.8. The number of non-ortho nitro benzene ring substituents is 1. The van der Waals surface area contributed by atoms with E-state index in [9.17, 15) is 23.3 Å². The van der Waals surface area contributed by atoms with Crippen molar-refractivity contribution in [3.05, 3.63) is 102 Å². The summed E-state index contributed by atoms with van der Waals surface area (Å²) >= 11 is 0. The summed E-state index contributed by atoms with van der Waals surface area (Å²) in [5, 5.41) is 13.6. The highest BCUT2D eigenvalue weighted by atomic mass is 32.2. The van der Waals surface area contributed by atoms with Crippen molar-refractivity contribution in [3.8, 4) is 5.75 Å². The van der Waals surface area contributed by atoms with E-state index in [1.807, 2.05) is 0 Å². The Morgan fingerprint density at radius 2 is 1.67 bits per heavy atom. The Hall–Kier alpha value is -4.18. The molecule has 0 fully saturated rings. The van der Waals surface area contributed by atoms with Gasteiger partial charge in [-0.2, -0.15) is 0 Å². The molecule has 3 rings (SSSR count). The van der Waals surface area contributed by atoms with Gasteiger partial charge in [0.05, 0.1) is 15.5 Å². The van der Waals surface area contributed by atoms with Crippen molar-refractivity contribution in [1.29, 1.82) is 0 Å². The molecule has 1 amide bonds. The highest BCUT2D eigenvalue weighted by molar-refractivity contribution is 7.92. The number of hydrogen-bond donors (Lipinski definition) is 1. The van der Waals surface area contributed by atoms with Gasteiger partial charge in [0.15, 0.2) is 0 Å². The Kier molecular flexibility index (Phi) is 7.42. The lowest BCUT2D eigenvalue weighted by atomic mass is 10.3. The average Bonchev–Trinajstić information content (AvgIpc) is 2.82. The lowest BCUT2D eigenvalue weighted by Crippen LogP contribution is -2.38. The zero-order chi connectivity index (χ0) is 23.8. The molecule has 0 saturated heterocycles. The number of ether oxygens (including phenoxy) is 1. The smallest absolute Gasteiger partial charge is 0.269 e. The van der Waals surface area contributed by atoms with Gasteiger partial charge in [-0.3, -0.25) is 19.2 Å². The van der Waals surface area contributed by atoms with Crippen LogP contribution < -0.4 is 14.4 Å². The first kappa shape index (κ1) is 23.5. The van der Waals surface area contributed by atoms with Crippen LogP contribution in [0.2, 0.25) is 0 Å². The van der Waals surface area contributed by atoms with E-state index in [0.29, 0.717) is 18.0 Å². The standard InChI is InChI=1S/C23H21N3O6S/c1-2-16-32-21-14-8-18(9-15-21)24-23(27)17-25(19-10-12-20(13-11-19)26(28)29)33(30,31)22-6-4-3-5-7-22/h2-15H,1,16-17H2,(H,24,27). The van der Waals surface area contributed by atoms with Gasteiger partial charge in [0.25, 0.3) is 15.7 Å². The van der Waals surface area contributed by atoms with Gasteiger partial charge in [0.1, 0.15) is 18.9 Å². The molecule has 0 spiro atoms. The maximum absolute atomic E-state index is 13.3. The zero-order valence-electron chi connectivity index (χ0n) is 17.5. The number of rotatable bonds is 10. The van der Waals surface area contributed by atoms with Gasteiger partial charge in [-0.1, -0.05) is 30.9 Å². The molecule has 0 aromatic heterocycles. The molecule has 9 nitrogen and oxygen atoms in total. The molecule has 0 heterocycles. The molecule has 170 valence electrons. The SMILES string of the molecule is C=CCOc1ccc(NC(=O)CN(c2ccc([N+](=O)[O-])cc2)S(=O)(=O)c2ccccc2)cc1. The van der Waals surface area contributed by atoms with E-state index in [-0.39, 0.29) is 16.3 Å². The molecule has 0 unspecified atom stereocenters. The van der Waals surface area contributed by atoms with Gasteiger partial charge in [0, 0.05) is 17.8 Å². The molecule has 0 saturated carbocycles. The number of carbonyl (C=O) groups excluding carboxylic acids is 1. The number of benzene rings is 3. The number of sulfonamides is 1. The maximum Gasteiger partial charge on any atom is 0.269 e. The van der Waals surface area contributed by atoms with Gasteiger partial charge in [-0.15, -0.1) is 0 Å². The third-order valence-corrected chi connectivity index (χ3v) is 6.26. The fourth-order valence-corrected chi connectivity index (χ4v) is 4.34. The van der Waals surface area contributed by atoms with Crippen LogP contribution in [0.25, 0.3) is 0 Å². The van der Waals surface area contributed by atoms with E-state index in [2.05, 4.69) is 11.9 Å². The summed E-state index contributed by atoms with van der Waals surface area (Å²) in [7, 11) is -4.12. The molecule has 33 heavy (non-hydrogen) atoms. The zero-order valence-corrected chi connectivity index (χ0v) is 18.3. The summed E-state index contributed by atoms with van der Waals surface area (Å²) in [6.45, 7) is 3.37. The van der Waals surface area contributed by atoms with Gasteiger partial charge in [0.2, 0.25) is 5.91 Å². The monoisotopic (exact) mass is 467 g/mol. The number of nitro groups is 1. The van der Waals surface area contributed by atoms with Crippen molar-refractivity contribution >= 4 is 33.0 Å². The van der Waals surface area contributed by atoms with Crippen LogP contribution in [0, 0.1) is 10.1 Å². The number of nitro benzene ring substituents is 1. The Bertz CT molecular complexity index is 1230. The number of hydrogen-bond acceptors (Lipinski definition) is 6. The highest BCUT2D eigenvalue weighted by Gasteiger charge is 2.27. The molecule has 10 heteroatoms. The van der Waals surface area contributed by atoms with E-state index < -0.39 is 27.4 Å². The van der Waals surface area contributed by atoms with E-state index in [1.54, 1.807) is 48.5 Å². The van der Waals surface area contributed by atoms with Gasteiger partial charge >= 0.3 is 0 Å².